The topological polar surface area (TPSA) is 49.4 Å². The molecule has 1 aliphatic carbocycles. The molecule has 0 atom stereocenters. The first-order valence-corrected chi connectivity index (χ1v) is 5.20. The van der Waals surface area contributed by atoms with Gasteiger partial charge in [-0.15, -0.1) is 0 Å². The summed E-state index contributed by atoms with van der Waals surface area (Å²) < 4.78 is 5.07. The van der Waals surface area contributed by atoms with Crippen molar-refractivity contribution < 1.29 is 14.6 Å². The Labute approximate surface area is 88.7 Å². The van der Waals surface area contributed by atoms with Gasteiger partial charge in [0.15, 0.2) is 0 Å². The zero-order chi connectivity index (χ0) is 10.7. The van der Waals surface area contributed by atoms with Crippen LogP contribution in [0.25, 0.3) is 0 Å². The summed E-state index contributed by atoms with van der Waals surface area (Å²) in [5, 5.41) is 10.2. The predicted molar refractivity (Wildman–Crippen MR) is 53.6 cm³/mol. The molecule has 0 heterocycles. The molecule has 0 aliphatic heterocycles. The number of ether oxygens (including phenoxy) is 1. The van der Waals surface area contributed by atoms with Crippen molar-refractivity contribution in [3.63, 3.8) is 0 Å². The SMILES string of the molecule is O=C([O-])COc1ccc2c(c1)CCCC2. The number of aliphatic carboxylic acids is 1. The van der Waals surface area contributed by atoms with Gasteiger partial charge in [0.05, 0.1) is 5.97 Å². The predicted octanol–water partition coefficient (Wildman–Crippen LogP) is 0.694. The molecule has 1 aromatic rings. The maximum atomic E-state index is 10.2. The van der Waals surface area contributed by atoms with Crippen LogP contribution in [0.3, 0.4) is 0 Å². The Bertz CT molecular complexity index is 371. The number of carboxylic acid groups (broad SMARTS) is 1. The van der Waals surface area contributed by atoms with Crippen molar-refractivity contribution >= 4 is 5.97 Å². The number of fused-ring (bicyclic) bond motifs is 1. The number of rotatable bonds is 3. The van der Waals surface area contributed by atoms with Gasteiger partial charge >= 0.3 is 0 Å². The minimum absolute atomic E-state index is 0.376. The van der Waals surface area contributed by atoms with Crippen LogP contribution in [0, 0.1) is 0 Å². The first-order chi connectivity index (χ1) is 7.25. The molecule has 0 aromatic heterocycles. The van der Waals surface area contributed by atoms with Crippen molar-refractivity contribution in [3.05, 3.63) is 29.3 Å². The first kappa shape index (κ1) is 10.0. The number of carboxylic acids is 1. The number of carbonyl (C=O) groups excluding carboxylic acids is 1. The summed E-state index contributed by atoms with van der Waals surface area (Å²) in [7, 11) is 0. The smallest absolute Gasteiger partial charge is 0.128 e. The third kappa shape index (κ3) is 2.49. The molecule has 0 N–H and O–H groups in total. The van der Waals surface area contributed by atoms with Crippen LogP contribution in [0.15, 0.2) is 18.2 Å². The van der Waals surface area contributed by atoms with Gasteiger partial charge in [0.2, 0.25) is 0 Å². The fourth-order valence-electron chi connectivity index (χ4n) is 1.94. The molecule has 0 amide bonds. The second kappa shape index (κ2) is 4.34. The number of aryl methyl sites for hydroxylation is 2. The third-order valence-electron chi connectivity index (χ3n) is 2.68. The lowest BCUT2D eigenvalue weighted by atomic mass is 9.92. The molecule has 0 fully saturated rings. The van der Waals surface area contributed by atoms with Gasteiger partial charge in [-0.25, -0.2) is 0 Å². The average molecular weight is 205 g/mol. The molecule has 0 bridgehead atoms. The van der Waals surface area contributed by atoms with Gasteiger partial charge in [0, 0.05) is 0 Å². The van der Waals surface area contributed by atoms with Crippen LogP contribution in [-0.2, 0) is 17.6 Å². The minimum Gasteiger partial charge on any atom is -0.546 e. The molecule has 0 saturated heterocycles. The highest BCUT2D eigenvalue weighted by Crippen LogP contribution is 2.25. The summed E-state index contributed by atoms with van der Waals surface area (Å²) in [6.07, 6.45) is 4.64. The van der Waals surface area contributed by atoms with E-state index in [1.165, 1.54) is 24.0 Å². The molecule has 3 heteroatoms. The molecule has 0 spiro atoms. The quantitative estimate of drug-likeness (QED) is 0.729. The highest BCUT2D eigenvalue weighted by Gasteiger charge is 2.09. The van der Waals surface area contributed by atoms with Gasteiger partial charge in [-0.05, 0) is 48.9 Å². The fourth-order valence-corrected chi connectivity index (χ4v) is 1.94. The summed E-state index contributed by atoms with van der Waals surface area (Å²) in [4.78, 5) is 10.2. The van der Waals surface area contributed by atoms with Gasteiger partial charge in [-0.1, -0.05) is 6.07 Å². The summed E-state index contributed by atoms with van der Waals surface area (Å²) in [5.41, 5.74) is 2.65. The van der Waals surface area contributed by atoms with E-state index in [0.717, 1.165) is 12.8 Å². The zero-order valence-corrected chi connectivity index (χ0v) is 8.49. The van der Waals surface area contributed by atoms with E-state index in [4.69, 9.17) is 4.74 Å². The third-order valence-corrected chi connectivity index (χ3v) is 2.68. The molecule has 2 rings (SSSR count). The van der Waals surface area contributed by atoms with Crippen molar-refractivity contribution in [2.75, 3.05) is 6.61 Å². The summed E-state index contributed by atoms with van der Waals surface area (Å²) in [6, 6.07) is 5.80. The summed E-state index contributed by atoms with van der Waals surface area (Å²) in [5.74, 6) is -0.562. The van der Waals surface area contributed by atoms with Crippen LogP contribution in [-0.4, -0.2) is 12.6 Å². The van der Waals surface area contributed by atoms with Crippen LogP contribution < -0.4 is 9.84 Å². The Morgan fingerprint density at radius 2 is 2.00 bits per heavy atom. The molecule has 0 saturated carbocycles. The molecule has 0 radical (unpaired) electrons. The molecule has 80 valence electrons. The largest absolute Gasteiger partial charge is 0.546 e. The molecule has 15 heavy (non-hydrogen) atoms. The Kier molecular flexibility index (Phi) is 2.90. The van der Waals surface area contributed by atoms with E-state index in [1.54, 1.807) is 0 Å². The van der Waals surface area contributed by atoms with Gasteiger partial charge in [-0.2, -0.15) is 0 Å². The van der Waals surface area contributed by atoms with E-state index in [0.29, 0.717) is 5.75 Å². The van der Waals surface area contributed by atoms with Crippen LogP contribution >= 0.6 is 0 Å². The number of hydrogen-bond acceptors (Lipinski definition) is 3. The highest BCUT2D eigenvalue weighted by atomic mass is 16.5. The minimum atomic E-state index is -1.19. The summed E-state index contributed by atoms with van der Waals surface area (Å²) in [6.45, 7) is -0.376. The molecule has 1 aromatic carbocycles. The van der Waals surface area contributed by atoms with Crippen LogP contribution in [0.4, 0.5) is 0 Å². The maximum absolute atomic E-state index is 10.2. The fraction of sp³-hybridized carbons (Fsp3) is 0.417. The highest BCUT2D eigenvalue weighted by molar-refractivity contribution is 5.66. The van der Waals surface area contributed by atoms with E-state index < -0.39 is 5.97 Å². The number of benzene rings is 1. The summed E-state index contributed by atoms with van der Waals surface area (Å²) >= 11 is 0. The van der Waals surface area contributed by atoms with Crippen molar-refractivity contribution in [1.29, 1.82) is 0 Å². The monoisotopic (exact) mass is 205 g/mol. The Balaban J connectivity index is 2.10. The molecule has 1 aliphatic rings. The lowest BCUT2D eigenvalue weighted by Crippen LogP contribution is -2.28. The number of carbonyl (C=O) groups is 1. The van der Waals surface area contributed by atoms with Crippen molar-refractivity contribution in [1.82, 2.24) is 0 Å². The van der Waals surface area contributed by atoms with Gasteiger partial charge in [0.25, 0.3) is 0 Å². The second-order valence-corrected chi connectivity index (χ2v) is 3.80. The lowest BCUT2D eigenvalue weighted by molar-refractivity contribution is -0.307. The van der Waals surface area contributed by atoms with Gasteiger partial charge in [-0.3, -0.25) is 0 Å². The van der Waals surface area contributed by atoms with E-state index in [2.05, 4.69) is 0 Å². The lowest BCUT2D eigenvalue weighted by Gasteiger charge is -2.16. The van der Waals surface area contributed by atoms with Crippen LogP contribution in [0.2, 0.25) is 0 Å². The van der Waals surface area contributed by atoms with Crippen molar-refractivity contribution in [2.45, 2.75) is 25.7 Å². The van der Waals surface area contributed by atoms with E-state index >= 15 is 0 Å². The Morgan fingerprint density at radius 3 is 2.73 bits per heavy atom. The second-order valence-electron chi connectivity index (χ2n) is 3.80. The normalized spacial score (nSPS) is 14.4. The van der Waals surface area contributed by atoms with Gasteiger partial charge < -0.3 is 14.6 Å². The van der Waals surface area contributed by atoms with Crippen LogP contribution in [0.5, 0.6) is 5.75 Å². The standard InChI is InChI=1S/C12H14O3/c13-12(14)8-15-11-6-5-9-3-1-2-4-10(9)7-11/h5-7H,1-4,8H2,(H,13,14)/p-1. The molecule has 0 unspecified atom stereocenters. The number of hydrogen-bond donors (Lipinski definition) is 0. The molecule has 3 nitrogen and oxygen atoms in total. The first-order valence-electron chi connectivity index (χ1n) is 5.20. The van der Waals surface area contributed by atoms with Gasteiger partial charge in [0.1, 0.15) is 12.4 Å². The molecular formula is C12H13O3-. The van der Waals surface area contributed by atoms with E-state index in [-0.39, 0.29) is 6.61 Å². The van der Waals surface area contributed by atoms with Crippen LogP contribution in [0.1, 0.15) is 24.0 Å². The van der Waals surface area contributed by atoms with E-state index in [9.17, 15) is 9.90 Å². The van der Waals surface area contributed by atoms with Crippen molar-refractivity contribution in [2.24, 2.45) is 0 Å². The average Bonchev–Trinajstić information content (AvgIpc) is 2.26. The Hall–Kier alpha value is -1.51. The maximum Gasteiger partial charge on any atom is 0.128 e. The van der Waals surface area contributed by atoms with E-state index in [1.807, 2.05) is 18.2 Å². The Morgan fingerprint density at radius 1 is 1.27 bits per heavy atom. The zero-order valence-electron chi connectivity index (χ0n) is 8.49. The molecular weight excluding hydrogens is 192 g/mol. The van der Waals surface area contributed by atoms with Crippen molar-refractivity contribution in [3.8, 4) is 5.75 Å².